The van der Waals surface area contributed by atoms with Crippen LogP contribution in [0.5, 0.6) is 0 Å². The van der Waals surface area contributed by atoms with E-state index in [0.717, 1.165) is 0 Å². The summed E-state index contributed by atoms with van der Waals surface area (Å²) >= 11 is 4.35. The zero-order valence-electron chi connectivity index (χ0n) is 16.1. The van der Waals surface area contributed by atoms with Crippen molar-refractivity contribution in [1.29, 1.82) is 0 Å². The van der Waals surface area contributed by atoms with Crippen LogP contribution in [0, 0.1) is 5.82 Å². The van der Waals surface area contributed by atoms with Crippen LogP contribution in [0.25, 0.3) is 0 Å². The lowest BCUT2D eigenvalue weighted by Crippen LogP contribution is -2.18. The molecule has 0 aliphatic rings. The molecule has 0 radical (unpaired) electrons. The molecule has 2 aromatic carbocycles. The molecule has 0 atom stereocenters. The van der Waals surface area contributed by atoms with Crippen molar-refractivity contribution in [3.8, 4) is 0 Å². The number of thioether (sulfide) groups is 1. The van der Waals surface area contributed by atoms with Crippen LogP contribution in [0.3, 0.4) is 0 Å². The highest BCUT2D eigenvalue weighted by Gasteiger charge is 2.16. The number of halogens is 2. The van der Waals surface area contributed by atoms with Crippen molar-refractivity contribution in [3.05, 3.63) is 64.6 Å². The predicted molar refractivity (Wildman–Crippen MR) is 118 cm³/mol. The van der Waals surface area contributed by atoms with Crippen LogP contribution < -0.4 is 10.6 Å². The number of hydrogen-bond donors (Lipinski definition) is 2. The van der Waals surface area contributed by atoms with Crippen molar-refractivity contribution in [1.82, 2.24) is 14.8 Å². The predicted octanol–water partition coefficient (Wildman–Crippen LogP) is 4.11. The van der Waals surface area contributed by atoms with E-state index >= 15 is 0 Å². The Morgan fingerprint density at radius 2 is 1.87 bits per heavy atom. The first kappa shape index (κ1) is 22.0. The normalized spacial score (nSPS) is 10.6. The standard InChI is InChI=1S/C20H19BrFN5O2S/c1-2-27-17(11-18(28)23-14-6-4-3-5-7-14)25-26-20(27)30-12-19(29)24-16-9-8-13(21)10-15(16)22/h3-10H,2,11-12H2,1H3,(H,23,28)(H,24,29). The third-order valence-corrected chi connectivity index (χ3v) is 5.48. The lowest BCUT2D eigenvalue weighted by molar-refractivity contribution is -0.116. The fraction of sp³-hybridized carbons (Fsp3) is 0.200. The van der Waals surface area contributed by atoms with Crippen molar-refractivity contribution in [2.75, 3.05) is 16.4 Å². The van der Waals surface area contributed by atoms with E-state index in [-0.39, 0.29) is 29.7 Å². The molecule has 2 N–H and O–H groups in total. The third kappa shape index (κ3) is 5.90. The minimum Gasteiger partial charge on any atom is -0.326 e. The highest BCUT2D eigenvalue weighted by molar-refractivity contribution is 9.10. The summed E-state index contributed by atoms with van der Waals surface area (Å²) in [5.41, 5.74) is 0.815. The van der Waals surface area contributed by atoms with E-state index in [1.165, 1.54) is 23.9 Å². The van der Waals surface area contributed by atoms with Crippen molar-refractivity contribution in [2.45, 2.75) is 25.0 Å². The fourth-order valence-electron chi connectivity index (χ4n) is 2.65. The molecule has 0 unspecified atom stereocenters. The van der Waals surface area contributed by atoms with Crippen LogP contribution in [-0.4, -0.2) is 32.3 Å². The van der Waals surface area contributed by atoms with Gasteiger partial charge in [0.25, 0.3) is 0 Å². The molecule has 3 aromatic rings. The lowest BCUT2D eigenvalue weighted by atomic mass is 10.3. The van der Waals surface area contributed by atoms with E-state index in [9.17, 15) is 14.0 Å². The van der Waals surface area contributed by atoms with Crippen LogP contribution in [0.1, 0.15) is 12.7 Å². The fourth-order valence-corrected chi connectivity index (χ4v) is 3.81. The summed E-state index contributed by atoms with van der Waals surface area (Å²) < 4.78 is 16.2. The van der Waals surface area contributed by atoms with E-state index in [2.05, 4.69) is 36.8 Å². The summed E-state index contributed by atoms with van der Waals surface area (Å²) in [5.74, 6) is -0.554. The van der Waals surface area contributed by atoms with Crippen molar-refractivity contribution in [3.63, 3.8) is 0 Å². The van der Waals surface area contributed by atoms with Crippen molar-refractivity contribution < 1.29 is 14.0 Å². The number of hydrogen-bond acceptors (Lipinski definition) is 5. The number of amides is 2. The van der Waals surface area contributed by atoms with Gasteiger partial charge in [-0.2, -0.15) is 0 Å². The molecular weight excluding hydrogens is 473 g/mol. The Hall–Kier alpha value is -2.72. The second kappa shape index (κ2) is 10.4. The molecule has 0 spiro atoms. The maximum Gasteiger partial charge on any atom is 0.234 e. The zero-order chi connectivity index (χ0) is 21.5. The molecule has 0 saturated heterocycles. The van der Waals surface area contributed by atoms with E-state index in [0.29, 0.717) is 27.7 Å². The number of rotatable bonds is 8. The minimum absolute atomic E-state index is 0.0316. The number of anilines is 2. The van der Waals surface area contributed by atoms with Gasteiger partial charge in [0.2, 0.25) is 11.8 Å². The van der Waals surface area contributed by atoms with Crippen LogP contribution in [0.15, 0.2) is 58.2 Å². The van der Waals surface area contributed by atoms with E-state index in [1.54, 1.807) is 22.8 Å². The maximum absolute atomic E-state index is 13.9. The minimum atomic E-state index is -0.522. The first-order valence-corrected chi connectivity index (χ1v) is 10.9. The Morgan fingerprint density at radius 3 is 2.57 bits per heavy atom. The smallest absolute Gasteiger partial charge is 0.234 e. The molecule has 0 bridgehead atoms. The van der Waals surface area contributed by atoms with Gasteiger partial charge < -0.3 is 15.2 Å². The maximum atomic E-state index is 13.9. The molecule has 2 amide bonds. The molecular formula is C20H19BrFN5O2S. The molecule has 30 heavy (non-hydrogen) atoms. The number of nitrogens with zero attached hydrogens (tertiary/aromatic N) is 3. The Bertz CT molecular complexity index is 1040. The van der Waals surface area contributed by atoms with Crippen LogP contribution in [-0.2, 0) is 22.6 Å². The summed E-state index contributed by atoms with van der Waals surface area (Å²) in [6.45, 7) is 2.45. The number of nitrogens with one attached hydrogen (secondary N) is 2. The summed E-state index contributed by atoms with van der Waals surface area (Å²) in [6.07, 6.45) is 0.0621. The van der Waals surface area contributed by atoms with E-state index < -0.39 is 5.82 Å². The van der Waals surface area contributed by atoms with Gasteiger partial charge in [0.05, 0.1) is 17.9 Å². The average molecular weight is 492 g/mol. The van der Waals surface area contributed by atoms with Gasteiger partial charge in [0.15, 0.2) is 5.16 Å². The zero-order valence-corrected chi connectivity index (χ0v) is 18.5. The molecule has 156 valence electrons. The molecule has 0 aliphatic heterocycles. The SMILES string of the molecule is CCn1c(CC(=O)Nc2ccccc2)nnc1SCC(=O)Nc1ccc(Br)cc1F. The van der Waals surface area contributed by atoms with Crippen LogP contribution in [0.2, 0.25) is 0 Å². The summed E-state index contributed by atoms with van der Waals surface area (Å²) in [6, 6.07) is 13.6. The van der Waals surface area contributed by atoms with Gasteiger partial charge >= 0.3 is 0 Å². The van der Waals surface area contributed by atoms with Gasteiger partial charge in [-0.05, 0) is 37.3 Å². The number of aromatic nitrogens is 3. The van der Waals surface area contributed by atoms with E-state index in [4.69, 9.17) is 0 Å². The highest BCUT2D eigenvalue weighted by atomic mass is 79.9. The Kier molecular flexibility index (Phi) is 7.58. The summed E-state index contributed by atoms with van der Waals surface area (Å²) in [4.78, 5) is 24.5. The van der Waals surface area contributed by atoms with Gasteiger partial charge in [0, 0.05) is 16.7 Å². The first-order valence-electron chi connectivity index (χ1n) is 9.11. The Balaban J connectivity index is 1.58. The van der Waals surface area contributed by atoms with Crippen LogP contribution in [0.4, 0.5) is 15.8 Å². The van der Waals surface area contributed by atoms with Gasteiger partial charge in [-0.1, -0.05) is 45.9 Å². The second-order valence-corrected chi connectivity index (χ2v) is 8.05. The number of carbonyl (C=O) groups excluding carboxylic acids is 2. The summed E-state index contributed by atoms with van der Waals surface area (Å²) in [5, 5.41) is 14.0. The first-order chi connectivity index (χ1) is 14.5. The van der Waals surface area contributed by atoms with Crippen molar-refractivity contribution in [2.24, 2.45) is 0 Å². The van der Waals surface area contributed by atoms with Gasteiger partial charge in [-0.3, -0.25) is 9.59 Å². The monoisotopic (exact) mass is 491 g/mol. The molecule has 1 aromatic heterocycles. The van der Waals surface area contributed by atoms with Crippen molar-refractivity contribution >= 4 is 50.9 Å². The largest absolute Gasteiger partial charge is 0.326 e. The van der Waals surface area contributed by atoms with Gasteiger partial charge in [-0.25, -0.2) is 4.39 Å². The highest BCUT2D eigenvalue weighted by Crippen LogP contribution is 2.21. The van der Waals surface area contributed by atoms with Gasteiger partial charge in [0.1, 0.15) is 11.6 Å². The molecule has 0 fully saturated rings. The van der Waals surface area contributed by atoms with E-state index in [1.807, 2.05) is 25.1 Å². The Labute approximate surface area is 185 Å². The third-order valence-electron chi connectivity index (χ3n) is 4.02. The molecule has 10 heteroatoms. The second-order valence-electron chi connectivity index (χ2n) is 6.20. The van der Waals surface area contributed by atoms with Gasteiger partial charge in [-0.15, -0.1) is 10.2 Å². The van der Waals surface area contributed by atoms with Crippen LogP contribution >= 0.6 is 27.7 Å². The quantitative estimate of drug-likeness (QED) is 0.462. The lowest BCUT2D eigenvalue weighted by Gasteiger charge is -2.09. The topological polar surface area (TPSA) is 88.9 Å². The molecule has 0 saturated carbocycles. The molecule has 1 heterocycles. The number of para-hydroxylation sites is 1. The number of benzene rings is 2. The summed E-state index contributed by atoms with van der Waals surface area (Å²) in [7, 11) is 0. The number of carbonyl (C=O) groups is 2. The Morgan fingerprint density at radius 1 is 1.10 bits per heavy atom. The molecule has 7 nitrogen and oxygen atoms in total. The molecule has 3 rings (SSSR count). The average Bonchev–Trinajstić information content (AvgIpc) is 3.10. The molecule has 0 aliphatic carbocycles.